The molecule has 1 N–H and O–H groups in total. The highest BCUT2D eigenvalue weighted by Gasteiger charge is 2.35. The van der Waals surface area contributed by atoms with Crippen LogP contribution < -0.4 is 5.46 Å². The van der Waals surface area contributed by atoms with Gasteiger partial charge >= 0.3 is 7.48 Å². The average molecular weight is 313 g/mol. The van der Waals surface area contributed by atoms with Gasteiger partial charge in [0.15, 0.2) is 0 Å². The van der Waals surface area contributed by atoms with Crippen LogP contribution in [0.1, 0.15) is 27.7 Å². The lowest BCUT2D eigenvalue weighted by Crippen LogP contribution is -2.49. The van der Waals surface area contributed by atoms with E-state index in [0.29, 0.717) is 22.7 Å². The fourth-order valence-corrected chi connectivity index (χ4v) is 2.13. The third kappa shape index (κ3) is 5.62. The first-order chi connectivity index (χ1) is 9.67. The standard InChI is InChI=1S/C15H23BFO3S/c1-14(2,18)15(3,4)20-16-11-6-7-13(12(17)10-11)21-9-8-19-5/h6-7,10,18H,8-9H2,1-5H3. The molecule has 0 fully saturated rings. The second-order valence-electron chi connectivity index (χ2n) is 5.84. The third-order valence-corrected chi connectivity index (χ3v) is 4.48. The van der Waals surface area contributed by atoms with Crippen molar-refractivity contribution in [3.63, 3.8) is 0 Å². The molecule has 21 heavy (non-hydrogen) atoms. The van der Waals surface area contributed by atoms with Crippen LogP contribution in [0.4, 0.5) is 4.39 Å². The topological polar surface area (TPSA) is 38.7 Å². The number of methoxy groups -OCH3 is 1. The van der Waals surface area contributed by atoms with Crippen molar-refractivity contribution >= 4 is 24.7 Å². The number of hydrogen-bond donors (Lipinski definition) is 1. The molecule has 0 aliphatic heterocycles. The summed E-state index contributed by atoms with van der Waals surface area (Å²) in [6.07, 6.45) is 0. The number of thioether (sulfide) groups is 1. The molecule has 0 saturated carbocycles. The Morgan fingerprint density at radius 3 is 2.48 bits per heavy atom. The maximum atomic E-state index is 13.9. The highest BCUT2D eigenvalue weighted by atomic mass is 32.2. The van der Waals surface area contributed by atoms with Crippen molar-refractivity contribution in [1.29, 1.82) is 0 Å². The first-order valence-corrected chi connectivity index (χ1v) is 7.80. The summed E-state index contributed by atoms with van der Waals surface area (Å²) in [7, 11) is 3.10. The predicted octanol–water partition coefficient (Wildman–Crippen LogP) is 2.37. The molecule has 0 amide bonds. The van der Waals surface area contributed by atoms with E-state index in [1.54, 1.807) is 46.9 Å². The molecular formula is C15H23BFO3S. The van der Waals surface area contributed by atoms with Gasteiger partial charge < -0.3 is 14.5 Å². The molecule has 0 heterocycles. The maximum absolute atomic E-state index is 13.9. The number of ether oxygens (including phenoxy) is 1. The van der Waals surface area contributed by atoms with Crippen molar-refractivity contribution in [2.75, 3.05) is 19.5 Å². The van der Waals surface area contributed by atoms with Crippen LogP contribution in [0.5, 0.6) is 0 Å². The summed E-state index contributed by atoms with van der Waals surface area (Å²) in [5, 5.41) is 10.0. The SMILES string of the molecule is COCCSc1ccc([B]OC(C)(C)C(C)(C)O)cc1F. The molecule has 0 unspecified atom stereocenters. The summed E-state index contributed by atoms with van der Waals surface area (Å²) in [5.74, 6) is 0.424. The molecule has 0 aromatic heterocycles. The molecule has 1 rings (SSSR count). The van der Waals surface area contributed by atoms with Crippen LogP contribution in [0.2, 0.25) is 0 Å². The fraction of sp³-hybridized carbons (Fsp3) is 0.600. The summed E-state index contributed by atoms with van der Waals surface area (Å²) in [4.78, 5) is 0.589. The van der Waals surface area contributed by atoms with Crippen LogP contribution in [-0.4, -0.2) is 43.3 Å². The van der Waals surface area contributed by atoms with Crippen molar-refractivity contribution < 1.29 is 18.9 Å². The largest absolute Gasteiger partial charge is 0.427 e. The van der Waals surface area contributed by atoms with Gasteiger partial charge in [0.05, 0.1) is 17.8 Å². The van der Waals surface area contributed by atoms with E-state index in [2.05, 4.69) is 0 Å². The fourth-order valence-electron chi connectivity index (χ4n) is 1.30. The summed E-state index contributed by atoms with van der Waals surface area (Å²) in [5.41, 5.74) is -1.14. The zero-order chi connectivity index (χ0) is 16.1. The van der Waals surface area contributed by atoms with E-state index in [9.17, 15) is 9.50 Å². The van der Waals surface area contributed by atoms with E-state index in [1.165, 1.54) is 25.3 Å². The molecule has 0 aliphatic rings. The van der Waals surface area contributed by atoms with Crippen molar-refractivity contribution in [2.45, 2.75) is 43.8 Å². The van der Waals surface area contributed by atoms with Gasteiger partial charge in [-0.05, 0) is 39.8 Å². The van der Waals surface area contributed by atoms with Crippen LogP contribution in [0, 0.1) is 5.82 Å². The van der Waals surface area contributed by atoms with Gasteiger partial charge in [-0.3, -0.25) is 0 Å². The van der Waals surface area contributed by atoms with E-state index >= 15 is 0 Å². The van der Waals surface area contributed by atoms with Gasteiger partial charge in [-0.15, -0.1) is 11.8 Å². The van der Waals surface area contributed by atoms with Gasteiger partial charge in [-0.2, -0.15) is 0 Å². The van der Waals surface area contributed by atoms with Crippen LogP contribution in [0.15, 0.2) is 23.1 Å². The monoisotopic (exact) mass is 313 g/mol. The van der Waals surface area contributed by atoms with Crippen molar-refractivity contribution in [2.24, 2.45) is 0 Å². The summed E-state index contributed by atoms with van der Waals surface area (Å²) in [6, 6.07) is 4.94. The Balaban J connectivity index is 2.64. The molecule has 117 valence electrons. The second-order valence-corrected chi connectivity index (χ2v) is 6.97. The van der Waals surface area contributed by atoms with E-state index in [1.807, 2.05) is 0 Å². The first-order valence-electron chi connectivity index (χ1n) is 6.82. The number of benzene rings is 1. The molecular weight excluding hydrogens is 290 g/mol. The van der Waals surface area contributed by atoms with Crippen LogP contribution in [-0.2, 0) is 9.39 Å². The first kappa shape index (κ1) is 18.5. The lowest BCUT2D eigenvalue weighted by Gasteiger charge is -2.37. The Bertz CT molecular complexity index is 461. The lowest BCUT2D eigenvalue weighted by molar-refractivity contribution is -0.0893. The zero-order valence-corrected chi connectivity index (χ0v) is 14.1. The normalized spacial score (nSPS) is 12.5. The highest BCUT2D eigenvalue weighted by Crippen LogP contribution is 2.24. The number of halogens is 1. The Labute approximate surface area is 131 Å². The van der Waals surface area contributed by atoms with Gasteiger partial charge in [-0.25, -0.2) is 4.39 Å². The molecule has 0 bridgehead atoms. The summed E-state index contributed by atoms with van der Waals surface area (Å²) < 4.78 is 24.5. The Hall–Kier alpha value is -0.555. The summed E-state index contributed by atoms with van der Waals surface area (Å²) >= 11 is 1.41. The molecule has 3 nitrogen and oxygen atoms in total. The van der Waals surface area contributed by atoms with E-state index in [0.717, 1.165) is 0 Å². The molecule has 0 saturated heterocycles. The van der Waals surface area contributed by atoms with Crippen LogP contribution >= 0.6 is 11.8 Å². The maximum Gasteiger partial charge on any atom is 0.331 e. The number of hydrogen-bond acceptors (Lipinski definition) is 4. The van der Waals surface area contributed by atoms with Gasteiger partial charge in [-0.1, -0.05) is 11.5 Å². The minimum atomic E-state index is -1.00. The minimum Gasteiger partial charge on any atom is -0.427 e. The second kappa shape index (κ2) is 7.63. The quantitative estimate of drug-likeness (QED) is 0.454. The van der Waals surface area contributed by atoms with E-state index < -0.39 is 11.2 Å². The molecule has 0 aliphatic carbocycles. The zero-order valence-electron chi connectivity index (χ0n) is 13.3. The van der Waals surface area contributed by atoms with Crippen LogP contribution in [0.3, 0.4) is 0 Å². The number of rotatable bonds is 8. The molecule has 1 radical (unpaired) electrons. The van der Waals surface area contributed by atoms with Gasteiger partial charge in [0.25, 0.3) is 0 Å². The Kier molecular flexibility index (Phi) is 6.72. The van der Waals surface area contributed by atoms with Crippen molar-refractivity contribution in [3.05, 3.63) is 24.0 Å². The highest BCUT2D eigenvalue weighted by molar-refractivity contribution is 7.99. The van der Waals surface area contributed by atoms with Gasteiger partial charge in [0, 0.05) is 17.8 Å². The molecule has 0 atom stereocenters. The Morgan fingerprint density at radius 1 is 1.29 bits per heavy atom. The van der Waals surface area contributed by atoms with Crippen molar-refractivity contribution in [1.82, 2.24) is 0 Å². The molecule has 0 spiro atoms. The minimum absolute atomic E-state index is 0.283. The molecule has 1 aromatic carbocycles. The summed E-state index contributed by atoms with van der Waals surface area (Å²) in [6.45, 7) is 7.51. The number of aliphatic hydroxyl groups is 1. The predicted molar refractivity (Wildman–Crippen MR) is 85.8 cm³/mol. The molecule has 1 aromatic rings. The van der Waals surface area contributed by atoms with Crippen LogP contribution in [0.25, 0.3) is 0 Å². The van der Waals surface area contributed by atoms with E-state index in [-0.39, 0.29) is 5.82 Å². The van der Waals surface area contributed by atoms with Gasteiger partial charge in [0.2, 0.25) is 0 Å². The van der Waals surface area contributed by atoms with Crippen molar-refractivity contribution in [3.8, 4) is 0 Å². The molecule has 6 heteroatoms. The lowest BCUT2D eigenvalue weighted by atomic mass is 9.82. The third-order valence-electron chi connectivity index (χ3n) is 3.46. The van der Waals surface area contributed by atoms with E-state index in [4.69, 9.17) is 9.39 Å². The average Bonchev–Trinajstić information content (AvgIpc) is 2.37. The smallest absolute Gasteiger partial charge is 0.331 e. The Morgan fingerprint density at radius 2 is 1.95 bits per heavy atom. The van der Waals surface area contributed by atoms with Gasteiger partial charge in [0.1, 0.15) is 5.82 Å².